The Bertz CT molecular complexity index is 1690. The van der Waals surface area contributed by atoms with Crippen molar-refractivity contribution in [3.63, 3.8) is 0 Å². The van der Waals surface area contributed by atoms with Gasteiger partial charge >= 0.3 is 99.2 Å². The molecule has 7 aromatic carbocycles. The van der Waals surface area contributed by atoms with E-state index in [1.165, 1.54) is 82.0 Å². The van der Waals surface area contributed by atoms with Crippen LogP contribution < -0.4 is 0 Å². The summed E-state index contributed by atoms with van der Waals surface area (Å²) in [4.78, 5) is 0. The van der Waals surface area contributed by atoms with Gasteiger partial charge in [0.05, 0.1) is 0 Å². The standard InChI is InChI=1S/C13H9.C13H10.C11H11.Zr/c1-3-7-12-10(5-1)9-11-6-2-4-8-13(11)12;1-3-7-12(8-4-1)11-13-9-5-2-6-10-13;1-8-3-6-11-9(2)4-5-10(11)7-8;/h1-9H;1-10H;3-7H,1-2H3;/q-1;;-1;+2. The molecule has 0 aromatic heterocycles. The van der Waals surface area contributed by atoms with Crippen LogP contribution in [0.3, 0.4) is 0 Å². The zero-order chi connectivity index (χ0) is 26.3. The van der Waals surface area contributed by atoms with E-state index in [0.717, 1.165) is 0 Å². The summed E-state index contributed by atoms with van der Waals surface area (Å²) in [6, 6.07) is 51.3. The van der Waals surface area contributed by atoms with Crippen LogP contribution in [0.4, 0.5) is 0 Å². The smallest absolute Gasteiger partial charge is 0.0771 e. The molecular formula is C37H30Zr. The monoisotopic (exact) mass is 564 g/mol. The van der Waals surface area contributed by atoms with Crippen LogP contribution in [0.1, 0.15) is 22.3 Å². The fourth-order valence-electron chi connectivity index (χ4n) is 4.76. The molecule has 0 atom stereocenters. The van der Waals surface area contributed by atoms with Crippen molar-refractivity contribution in [2.75, 3.05) is 0 Å². The average molecular weight is 566 g/mol. The third kappa shape index (κ3) is 6.07. The van der Waals surface area contributed by atoms with Crippen LogP contribution in [0.5, 0.6) is 0 Å². The minimum atomic E-state index is 1.33. The third-order valence-corrected chi connectivity index (χ3v) is 8.21. The van der Waals surface area contributed by atoms with Crippen molar-refractivity contribution in [1.82, 2.24) is 0 Å². The van der Waals surface area contributed by atoms with Gasteiger partial charge in [0.25, 0.3) is 0 Å². The second-order valence-electron chi connectivity index (χ2n) is 9.53. The SMILES string of the molecule is Cc1ccc2c(C)c[cH-]c2c1.[Zr+2]=[C](c1ccccc1)c1ccccc1.c1ccc2c(c1)[cH-]c1ccccc12. The Labute approximate surface area is 240 Å². The summed E-state index contributed by atoms with van der Waals surface area (Å²) in [6.07, 6.45) is 0. The molecule has 1 heteroatoms. The Hall–Kier alpha value is -3.67. The van der Waals surface area contributed by atoms with Crippen LogP contribution in [-0.2, 0) is 24.2 Å². The van der Waals surface area contributed by atoms with Gasteiger partial charge in [0.15, 0.2) is 0 Å². The Balaban J connectivity index is 0.000000117. The Morgan fingerprint density at radius 1 is 0.526 bits per heavy atom. The Morgan fingerprint density at radius 2 is 1.03 bits per heavy atom. The number of hydrogen-bond donors (Lipinski definition) is 0. The first-order chi connectivity index (χ1) is 18.6. The number of hydrogen-bond acceptors (Lipinski definition) is 0. The Morgan fingerprint density at radius 3 is 1.58 bits per heavy atom. The van der Waals surface area contributed by atoms with E-state index in [1.54, 1.807) is 0 Å². The maximum atomic E-state index is 2.24. The average Bonchev–Trinajstić information content (AvgIpc) is 3.54. The molecule has 0 heterocycles. The van der Waals surface area contributed by atoms with E-state index < -0.39 is 0 Å². The molecular weight excluding hydrogens is 536 g/mol. The first kappa shape index (κ1) is 26.0. The predicted octanol–water partition coefficient (Wildman–Crippen LogP) is 9.69. The van der Waals surface area contributed by atoms with Gasteiger partial charge in [-0.15, -0.1) is 68.7 Å². The molecule has 0 amide bonds. The molecule has 0 saturated carbocycles. The molecule has 38 heavy (non-hydrogen) atoms. The largest absolute Gasteiger partial charge is 0.126 e. The molecule has 0 spiro atoms. The maximum absolute atomic E-state index is 2.24. The summed E-state index contributed by atoms with van der Waals surface area (Å²) >= 11 is 1.46. The van der Waals surface area contributed by atoms with Crippen molar-refractivity contribution in [3.8, 4) is 0 Å². The van der Waals surface area contributed by atoms with Gasteiger partial charge in [-0.2, -0.15) is 11.6 Å². The molecule has 0 bridgehead atoms. The van der Waals surface area contributed by atoms with E-state index in [0.29, 0.717) is 0 Å². The van der Waals surface area contributed by atoms with E-state index in [9.17, 15) is 0 Å². The van der Waals surface area contributed by atoms with Crippen molar-refractivity contribution in [2.45, 2.75) is 13.8 Å². The van der Waals surface area contributed by atoms with Crippen molar-refractivity contribution < 1.29 is 24.2 Å². The summed E-state index contributed by atoms with van der Waals surface area (Å²) in [5, 5.41) is 8.14. The van der Waals surface area contributed by atoms with Crippen LogP contribution in [0.25, 0.3) is 32.3 Å². The quantitative estimate of drug-likeness (QED) is 0.183. The summed E-state index contributed by atoms with van der Waals surface area (Å²) in [5.41, 5.74) is 5.37. The van der Waals surface area contributed by atoms with E-state index in [4.69, 9.17) is 0 Å². The number of rotatable bonds is 2. The van der Waals surface area contributed by atoms with Crippen molar-refractivity contribution in [1.29, 1.82) is 0 Å². The number of aryl methyl sites for hydroxylation is 2. The second-order valence-corrected chi connectivity index (χ2v) is 10.8. The molecule has 0 nitrogen and oxygen atoms in total. The first-order valence-corrected chi connectivity index (χ1v) is 14.2. The van der Waals surface area contributed by atoms with Crippen LogP contribution in [0.2, 0.25) is 0 Å². The van der Waals surface area contributed by atoms with Gasteiger partial charge in [-0.05, 0) is 6.92 Å². The summed E-state index contributed by atoms with van der Waals surface area (Å²) in [5.74, 6) is 0. The van der Waals surface area contributed by atoms with Gasteiger partial charge in [-0.3, -0.25) is 0 Å². The van der Waals surface area contributed by atoms with Crippen molar-refractivity contribution >= 4 is 35.5 Å². The van der Waals surface area contributed by atoms with Crippen LogP contribution in [0, 0.1) is 13.8 Å². The minimum Gasteiger partial charge on any atom is -0.126 e. The molecule has 0 unspecified atom stereocenters. The fraction of sp³-hybridized carbons (Fsp3) is 0.0541. The fourth-order valence-corrected chi connectivity index (χ4v) is 5.58. The zero-order valence-corrected chi connectivity index (χ0v) is 24.3. The number of fused-ring (bicyclic) bond motifs is 4. The van der Waals surface area contributed by atoms with Crippen molar-refractivity contribution in [2.24, 2.45) is 0 Å². The molecule has 0 aliphatic rings. The van der Waals surface area contributed by atoms with Crippen LogP contribution in [0.15, 0.2) is 146 Å². The van der Waals surface area contributed by atoms with Crippen LogP contribution in [-0.4, -0.2) is 3.21 Å². The van der Waals surface area contributed by atoms with Gasteiger partial charge in [0, 0.05) is 0 Å². The van der Waals surface area contributed by atoms with E-state index in [2.05, 4.69) is 159 Å². The molecule has 0 radical (unpaired) electrons. The molecule has 0 aliphatic heterocycles. The van der Waals surface area contributed by atoms with Gasteiger partial charge in [-0.1, -0.05) is 55.0 Å². The first-order valence-electron chi connectivity index (χ1n) is 13.0. The zero-order valence-electron chi connectivity index (χ0n) is 21.9. The minimum absolute atomic E-state index is 1.33. The van der Waals surface area contributed by atoms with E-state index >= 15 is 0 Å². The predicted molar refractivity (Wildman–Crippen MR) is 162 cm³/mol. The van der Waals surface area contributed by atoms with Gasteiger partial charge in [-0.25, -0.2) is 0 Å². The topological polar surface area (TPSA) is 0 Å². The molecule has 0 saturated heterocycles. The molecule has 7 aromatic rings. The van der Waals surface area contributed by atoms with Gasteiger partial charge in [0.1, 0.15) is 0 Å². The maximum Gasteiger partial charge on any atom is -0.0771 e. The normalized spacial score (nSPS) is 10.5. The molecule has 7 rings (SSSR count). The summed E-state index contributed by atoms with van der Waals surface area (Å²) in [6.45, 7) is 4.28. The molecule has 0 fully saturated rings. The van der Waals surface area contributed by atoms with E-state index in [1.807, 2.05) is 0 Å². The Kier molecular flexibility index (Phi) is 8.37. The van der Waals surface area contributed by atoms with Crippen molar-refractivity contribution in [3.05, 3.63) is 168 Å². The molecule has 182 valence electrons. The number of benzene rings is 5. The van der Waals surface area contributed by atoms with E-state index in [-0.39, 0.29) is 0 Å². The van der Waals surface area contributed by atoms with Crippen LogP contribution >= 0.6 is 0 Å². The van der Waals surface area contributed by atoms with Gasteiger partial charge in [0.2, 0.25) is 0 Å². The molecule has 0 N–H and O–H groups in total. The third-order valence-electron chi connectivity index (χ3n) is 6.79. The summed E-state index contributed by atoms with van der Waals surface area (Å²) in [7, 11) is 0. The molecule has 0 aliphatic carbocycles. The summed E-state index contributed by atoms with van der Waals surface area (Å²) < 4.78 is 1.42. The second kappa shape index (κ2) is 12.3. The van der Waals surface area contributed by atoms with Gasteiger partial charge < -0.3 is 0 Å².